The molecule has 12 heavy (non-hydrogen) atoms. The molecule has 2 nitrogen and oxygen atoms in total. The van der Waals surface area contributed by atoms with Gasteiger partial charge in [0.05, 0.1) is 5.69 Å². The summed E-state index contributed by atoms with van der Waals surface area (Å²) in [5.41, 5.74) is 2.71. The van der Waals surface area contributed by atoms with Crippen LogP contribution in [-0.2, 0) is 13.5 Å². The number of aryl methyl sites for hydroxylation is 2. The van der Waals surface area contributed by atoms with Crippen LogP contribution in [0.15, 0.2) is 6.07 Å². The third-order valence-electron chi connectivity index (χ3n) is 2.50. The highest BCUT2D eigenvalue weighted by Crippen LogP contribution is 2.39. The van der Waals surface area contributed by atoms with E-state index >= 15 is 0 Å². The number of rotatable bonds is 3. The second-order valence-corrected chi connectivity index (χ2v) is 3.71. The normalized spacial score (nSPS) is 16.8. The van der Waals surface area contributed by atoms with Crippen LogP contribution in [0.1, 0.15) is 43.5 Å². The summed E-state index contributed by atoms with van der Waals surface area (Å²) in [6.07, 6.45) is 5.07. The average Bonchev–Trinajstić information content (AvgIpc) is 2.80. The summed E-state index contributed by atoms with van der Waals surface area (Å²) in [7, 11) is 2.05. The van der Waals surface area contributed by atoms with Crippen LogP contribution in [0.25, 0.3) is 0 Å². The number of aromatic nitrogens is 2. The van der Waals surface area contributed by atoms with Gasteiger partial charge >= 0.3 is 0 Å². The molecule has 1 aromatic rings. The molecule has 1 fully saturated rings. The van der Waals surface area contributed by atoms with Crippen LogP contribution >= 0.6 is 0 Å². The van der Waals surface area contributed by atoms with Crippen molar-refractivity contribution in [2.75, 3.05) is 0 Å². The maximum Gasteiger partial charge on any atom is 0.0658 e. The van der Waals surface area contributed by atoms with E-state index < -0.39 is 0 Å². The fourth-order valence-corrected chi connectivity index (χ4v) is 1.60. The third kappa shape index (κ3) is 1.38. The number of hydrogen-bond donors (Lipinski definition) is 0. The molecule has 0 bridgehead atoms. The smallest absolute Gasteiger partial charge is 0.0658 e. The molecule has 1 heterocycles. The van der Waals surface area contributed by atoms with Crippen LogP contribution in [0, 0.1) is 0 Å². The van der Waals surface area contributed by atoms with E-state index in [0.29, 0.717) is 0 Å². The van der Waals surface area contributed by atoms with Crippen LogP contribution in [0.2, 0.25) is 0 Å². The Bertz CT molecular complexity index is 271. The zero-order chi connectivity index (χ0) is 8.55. The van der Waals surface area contributed by atoms with Gasteiger partial charge in [-0.15, -0.1) is 0 Å². The van der Waals surface area contributed by atoms with Crippen molar-refractivity contribution >= 4 is 0 Å². The Balaban J connectivity index is 2.18. The first-order valence-electron chi connectivity index (χ1n) is 4.84. The predicted molar refractivity (Wildman–Crippen MR) is 49.2 cm³/mol. The van der Waals surface area contributed by atoms with Crippen LogP contribution in [-0.4, -0.2) is 9.78 Å². The lowest BCUT2D eigenvalue weighted by atomic mass is 10.2. The third-order valence-corrected chi connectivity index (χ3v) is 2.50. The number of hydrogen-bond acceptors (Lipinski definition) is 1. The van der Waals surface area contributed by atoms with Gasteiger partial charge in [-0.05, 0) is 25.3 Å². The van der Waals surface area contributed by atoms with Crippen molar-refractivity contribution < 1.29 is 0 Å². The Kier molecular flexibility index (Phi) is 1.91. The SMILES string of the molecule is CCCc1cc(C2CC2)nn1C. The minimum absolute atomic E-state index is 0.793. The van der Waals surface area contributed by atoms with Crippen LogP contribution in [0.3, 0.4) is 0 Å². The van der Waals surface area contributed by atoms with Crippen LogP contribution in [0.5, 0.6) is 0 Å². The van der Waals surface area contributed by atoms with E-state index in [4.69, 9.17) is 0 Å². The Labute approximate surface area is 73.6 Å². The quantitative estimate of drug-likeness (QED) is 0.670. The molecular weight excluding hydrogens is 148 g/mol. The Morgan fingerprint density at radius 2 is 2.33 bits per heavy atom. The molecule has 0 unspecified atom stereocenters. The summed E-state index contributed by atoms with van der Waals surface area (Å²) >= 11 is 0. The van der Waals surface area contributed by atoms with E-state index in [1.165, 1.54) is 30.7 Å². The van der Waals surface area contributed by atoms with Gasteiger partial charge in [-0.1, -0.05) is 13.3 Å². The van der Waals surface area contributed by atoms with Gasteiger partial charge in [-0.2, -0.15) is 5.10 Å². The zero-order valence-corrected chi connectivity index (χ0v) is 7.88. The Hall–Kier alpha value is -0.790. The van der Waals surface area contributed by atoms with Gasteiger partial charge in [-0.25, -0.2) is 0 Å². The summed E-state index contributed by atoms with van der Waals surface area (Å²) in [6.45, 7) is 2.21. The van der Waals surface area contributed by atoms with E-state index in [2.05, 4.69) is 25.1 Å². The summed E-state index contributed by atoms with van der Waals surface area (Å²) in [5, 5.41) is 4.51. The second kappa shape index (κ2) is 2.92. The summed E-state index contributed by atoms with van der Waals surface area (Å²) in [6, 6.07) is 2.28. The molecule has 1 saturated carbocycles. The standard InChI is InChI=1S/C10H16N2/c1-3-4-9-7-10(8-5-6-8)11-12(9)2/h7-8H,3-6H2,1-2H3. The first-order valence-corrected chi connectivity index (χ1v) is 4.84. The van der Waals surface area contributed by atoms with E-state index in [-0.39, 0.29) is 0 Å². The highest BCUT2D eigenvalue weighted by Gasteiger charge is 2.26. The fraction of sp³-hybridized carbons (Fsp3) is 0.700. The van der Waals surface area contributed by atoms with Crippen molar-refractivity contribution in [3.63, 3.8) is 0 Å². The largest absolute Gasteiger partial charge is 0.272 e. The van der Waals surface area contributed by atoms with Gasteiger partial charge in [0.15, 0.2) is 0 Å². The number of nitrogens with zero attached hydrogens (tertiary/aromatic N) is 2. The van der Waals surface area contributed by atoms with Crippen molar-refractivity contribution in [3.05, 3.63) is 17.5 Å². The Morgan fingerprint density at radius 3 is 2.92 bits per heavy atom. The highest BCUT2D eigenvalue weighted by molar-refractivity contribution is 5.18. The first kappa shape index (κ1) is 7.84. The summed E-state index contributed by atoms with van der Waals surface area (Å²) in [5.74, 6) is 0.793. The molecule has 66 valence electrons. The van der Waals surface area contributed by atoms with Crippen molar-refractivity contribution in [2.24, 2.45) is 7.05 Å². The van der Waals surface area contributed by atoms with E-state index in [1.54, 1.807) is 0 Å². The minimum atomic E-state index is 0.793. The molecule has 0 aliphatic heterocycles. The van der Waals surface area contributed by atoms with Crippen molar-refractivity contribution in [3.8, 4) is 0 Å². The lowest BCUT2D eigenvalue weighted by molar-refractivity contribution is 0.687. The van der Waals surface area contributed by atoms with Crippen molar-refractivity contribution in [1.29, 1.82) is 0 Å². The average molecular weight is 164 g/mol. The summed E-state index contributed by atoms with van der Waals surface area (Å²) in [4.78, 5) is 0. The van der Waals surface area contributed by atoms with Crippen LogP contribution in [0.4, 0.5) is 0 Å². The molecule has 0 saturated heterocycles. The van der Waals surface area contributed by atoms with Gasteiger partial charge in [0, 0.05) is 18.7 Å². The maximum absolute atomic E-state index is 4.51. The highest BCUT2D eigenvalue weighted by atomic mass is 15.3. The van der Waals surface area contributed by atoms with Gasteiger partial charge in [0.25, 0.3) is 0 Å². The van der Waals surface area contributed by atoms with Crippen molar-refractivity contribution in [2.45, 2.75) is 38.5 Å². The van der Waals surface area contributed by atoms with E-state index in [0.717, 1.165) is 12.3 Å². The molecule has 0 atom stereocenters. The minimum Gasteiger partial charge on any atom is -0.272 e. The topological polar surface area (TPSA) is 17.8 Å². The van der Waals surface area contributed by atoms with Gasteiger partial charge in [0.1, 0.15) is 0 Å². The lowest BCUT2D eigenvalue weighted by Crippen LogP contribution is -1.97. The lowest BCUT2D eigenvalue weighted by Gasteiger charge is -1.96. The Morgan fingerprint density at radius 1 is 1.58 bits per heavy atom. The zero-order valence-electron chi connectivity index (χ0n) is 7.88. The molecular formula is C10H16N2. The van der Waals surface area contributed by atoms with E-state index in [1.807, 2.05) is 4.68 Å². The molecule has 2 heteroatoms. The molecule has 0 amide bonds. The van der Waals surface area contributed by atoms with E-state index in [9.17, 15) is 0 Å². The van der Waals surface area contributed by atoms with Gasteiger partial charge in [-0.3, -0.25) is 4.68 Å². The monoisotopic (exact) mass is 164 g/mol. The molecule has 1 aliphatic carbocycles. The fourth-order valence-electron chi connectivity index (χ4n) is 1.60. The molecule has 0 aromatic carbocycles. The van der Waals surface area contributed by atoms with Gasteiger partial charge in [0.2, 0.25) is 0 Å². The van der Waals surface area contributed by atoms with Crippen molar-refractivity contribution in [1.82, 2.24) is 9.78 Å². The molecule has 0 radical (unpaired) electrons. The molecule has 0 spiro atoms. The molecule has 1 aromatic heterocycles. The second-order valence-electron chi connectivity index (χ2n) is 3.71. The molecule has 0 N–H and O–H groups in total. The molecule has 1 aliphatic rings. The predicted octanol–water partition coefficient (Wildman–Crippen LogP) is 2.25. The maximum atomic E-state index is 4.51. The molecule has 2 rings (SSSR count). The van der Waals surface area contributed by atoms with Gasteiger partial charge < -0.3 is 0 Å². The van der Waals surface area contributed by atoms with Crippen LogP contribution < -0.4 is 0 Å². The first-order chi connectivity index (χ1) is 5.81. The summed E-state index contributed by atoms with van der Waals surface area (Å²) < 4.78 is 2.04.